The molecule has 3 nitrogen and oxygen atoms in total. The van der Waals surface area contributed by atoms with E-state index in [2.05, 4.69) is 55.3 Å². The molecule has 2 aliphatic heterocycles. The van der Waals surface area contributed by atoms with E-state index in [0.717, 1.165) is 36.8 Å². The minimum absolute atomic E-state index is 0.371. The number of hydrogen-bond acceptors (Lipinski definition) is 3. The van der Waals surface area contributed by atoms with E-state index in [-0.39, 0.29) is 0 Å². The molecule has 0 saturated carbocycles. The van der Waals surface area contributed by atoms with Gasteiger partial charge in [-0.1, -0.05) is 35.9 Å². The second kappa shape index (κ2) is 5.77. The lowest BCUT2D eigenvalue weighted by atomic mass is 9.73. The molecule has 2 heterocycles. The maximum absolute atomic E-state index is 5.77. The normalized spacial score (nSPS) is 27.2. The van der Waals surface area contributed by atoms with E-state index >= 15 is 0 Å². The first kappa shape index (κ1) is 15.3. The van der Waals surface area contributed by atoms with Crippen LogP contribution >= 0.6 is 0 Å². The maximum atomic E-state index is 5.77. The van der Waals surface area contributed by atoms with Crippen LogP contribution in [0.5, 0.6) is 11.5 Å². The number of fused-ring (bicyclic) bond motifs is 5. The van der Waals surface area contributed by atoms with Crippen molar-refractivity contribution in [2.24, 2.45) is 5.92 Å². The molecule has 1 aliphatic carbocycles. The Morgan fingerprint density at radius 2 is 2.08 bits per heavy atom. The standard InChI is InChI=1S/C22H25NO2/c1-14-4-3-5-15(10-14)11-20-17-6-7-18-16(19(17)12-23(20)2)8-9-21-22(18)25-13-24-21/h3-5,8-10,17,19-20H,6-7,11-13H2,1-2H3/t17?,19-,20+/m0/s1. The second-order valence-electron chi connectivity index (χ2n) is 7.88. The molecule has 1 unspecified atom stereocenters. The second-order valence-corrected chi connectivity index (χ2v) is 7.88. The third-order valence-corrected chi connectivity index (χ3v) is 6.39. The molecule has 2 aromatic carbocycles. The van der Waals surface area contributed by atoms with Crippen LogP contribution in [0.25, 0.3) is 0 Å². The summed E-state index contributed by atoms with van der Waals surface area (Å²) in [7, 11) is 2.30. The molecule has 3 aliphatic rings. The molecule has 0 amide bonds. The highest BCUT2D eigenvalue weighted by atomic mass is 16.7. The Morgan fingerprint density at radius 1 is 1.16 bits per heavy atom. The fourth-order valence-electron chi connectivity index (χ4n) is 5.25. The number of ether oxygens (including phenoxy) is 2. The van der Waals surface area contributed by atoms with Gasteiger partial charge in [-0.3, -0.25) is 0 Å². The van der Waals surface area contributed by atoms with Crippen LogP contribution in [0.3, 0.4) is 0 Å². The molecule has 0 bridgehead atoms. The molecule has 0 aromatic heterocycles. The van der Waals surface area contributed by atoms with Crippen LogP contribution in [-0.4, -0.2) is 31.3 Å². The quantitative estimate of drug-likeness (QED) is 0.830. The third-order valence-electron chi connectivity index (χ3n) is 6.39. The van der Waals surface area contributed by atoms with E-state index in [0.29, 0.717) is 18.8 Å². The first-order valence-corrected chi connectivity index (χ1v) is 9.38. The van der Waals surface area contributed by atoms with Gasteiger partial charge < -0.3 is 14.4 Å². The zero-order valence-electron chi connectivity index (χ0n) is 15.0. The lowest BCUT2D eigenvalue weighted by Gasteiger charge is -2.32. The zero-order chi connectivity index (χ0) is 17.0. The van der Waals surface area contributed by atoms with Crippen LogP contribution in [0.4, 0.5) is 0 Å². The molecule has 0 spiro atoms. The van der Waals surface area contributed by atoms with E-state index in [1.54, 1.807) is 0 Å². The van der Waals surface area contributed by atoms with Crippen LogP contribution in [0.2, 0.25) is 0 Å². The van der Waals surface area contributed by atoms with Gasteiger partial charge in [0.15, 0.2) is 11.5 Å². The van der Waals surface area contributed by atoms with E-state index in [9.17, 15) is 0 Å². The van der Waals surface area contributed by atoms with Crippen LogP contribution in [0, 0.1) is 12.8 Å². The lowest BCUT2D eigenvalue weighted by molar-refractivity contribution is 0.172. The number of aryl methyl sites for hydroxylation is 1. The summed E-state index contributed by atoms with van der Waals surface area (Å²) in [5, 5.41) is 0. The predicted octanol–water partition coefficient (Wildman–Crippen LogP) is 3.93. The van der Waals surface area contributed by atoms with Crippen molar-refractivity contribution < 1.29 is 9.47 Å². The smallest absolute Gasteiger partial charge is 0.231 e. The van der Waals surface area contributed by atoms with Gasteiger partial charge in [0.1, 0.15) is 0 Å². The molecule has 0 radical (unpaired) electrons. The summed E-state index contributed by atoms with van der Waals surface area (Å²) < 4.78 is 11.3. The first-order valence-electron chi connectivity index (χ1n) is 9.38. The average Bonchev–Trinajstić information content (AvgIpc) is 3.20. The van der Waals surface area contributed by atoms with E-state index in [1.165, 1.54) is 28.7 Å². The SMILES string of the molecule is Cc1cccc(C[C@@H]2C3CCc4c(ccc5c4OCO5)[C@@H]3CN2C)c1. The minimum Gasteiger partial charge on any atom is -0.454 e. The third kappa shape index (κ3) is 2.44. The fourth-order valence-corrected chi connectivity index (χ4v) is 5.25. The van der Waals surface area contributed by atoms with Crippen LogP contribution in [0.15, 0.2) is 36.4 Å². The van der Waals surface area contributed by atoms with Gasteiger partial charge in [-0.05, 0) is 56.3 Å². The Labute approximate surface area is 149 Å². The summed E-state index contributed by atoms with van der Waals surface area (Å²) >= 11 is 0. The lowest BCUT2D eigenvalue weighted by Crippen LogP contribution is -2.32. The van der Waals surface area contributed by atoms with Crippen molar-refractivity contribution in [2.45, 2.75) is 38.1 Å². The summed E-state index contributed by atoms with van der Waals surface area (Å²) in [6.07, 6.45) is 3.51. The molecule has 2 aromatic rings. The largest absolute Gasteiger partial charge is 0.454 e. The molecule has 130 valence electrons. The van der Waals surface area contributed by atoms with Gasteiger partial charge in [-0.25, -0.2) is 0 Å². The molecular formula is C22H25NO2. The van der Waals surface area contributed by atoms with Gasteiger partial charge in [-0.2, -0.15) is 0 Å². The Kier molecular flexibility index (Phi) is 3.53. The summed E-state index contributed by atoms with van der Waals surface area (Å²) in [4.78, 5) is 2.58. The molecule has 0 N–H and O–H groups in total. The molecule has 3 heteroatoms. The molecule has 1 saturated heterocycles. The van der Waals surface area contributed by atoms with Gasteiger partial charge in [-0.15, -0.1) is 0 Å². The van der Waals surface area contributed by atoms with Crippen LogP contribution in [-0.2, 0) is 12.8 Å². The number of benzene rings is 2. The van der Waals surface area contributed by atoms with Gasteiger partial charge in [0, 0.05) is 24.1 Å². The molecular weight excluding hydrogens is 310 g/mol. The van der Waals surface area contributed by atoms with E-state index < -0.39 is 0 Å². The maximum Gasteiger partial charge on any atom is 0.231 e. The number of likely N-dealkylation sites (N-methyl/N-ethyl adjacent to an activating group) is 1. The number of rotatable bonds is 2. The van der Waals surface area contributed by atoms with E-state index in [4.69, 9.17) is 9.47 Å². The van der Waals surface area contributed by atoms with Crippen LogP contribution < -0.4 is 9.47 Å². The van der Waals surface area contributed by atoms with Crippen molar-refractivity contribution in [3.63, 3.8) is 0 Å². The van der Waals surface area contributed by atoms with Crippen molar-refractivity contribution in [1.29, 1.82) is 0 Å². The topological polar surface area (TPSA) is 21.7 Å². The average molecular weight is 335 g/mol. The molecule has 5 rings (SSSR count). The number of nitrogens with zero attached hydrogens (tertiary/aromatic N) is 1. The van der Waals surface area contributed by atoms with Crippen LogP contribution in [0.1, 0.15) is 34.6 Å². The van der Waals surface area contributed by atoms with E-state index in [1.807, 2.05) is 0 Å². The fraction of sp³-hybridized carbons (Fsp3) is 0.455. The van der Waals surface area contributed by atoms with Gasteiger partial charge in [0.25, 0.3) is 0 Å². The summed E-state index contributed by atoms with van der Waals surface area (Å²) in [5.74, 6) is 3.30. The Morgan fingerprint density at radius 3 is 2.96 bits per heavy atom. The molecule has 25 heavy (non-hydrogen) atoms. The minimum atomic E-state index is 0.371. The number of hydrogen-bond donors (Lipinski definition) is 0. The molecule has 3 atom stereocenters. The predicted molar refractivity (Wildman–Crippen MR) is 98.4 cm³/mol. The Hall–Kier alpha value is -2.00. The van der Waals surface area contributed by atoms with Crippen molar-refractivity contribution in [3.05, 3.63) is 58.7 Å². The monoisotopic (exact) mass is 335 g/mol. The van der Waals surface area contributed by atoms with Crippen molar-refractivity contribution in [2.75, 3.05) is 20.4 Å². The van der Waals surface area contributed by atoms with Gasteiger partial charge in [0.05, 0.1) is 0 Å². The molecule has 1 fully saturated rings. The van der Waals surface area contributed by atoms with Crippen molar-refractivity contribution in [1.82, 2.24) is 4.90 Å². The Bertz CT molecular complexity index is 816. The Balaban J connectivity index is 1.45. The summed E-state index contributed by atoms with van der Waals surface area (Å²) in [6.45, 7) is 3.70. The highest BCUT2D eigenvalue weighted by Gasteiger charge is 2.44. The summed E-state index contributed by atoms with van der Waals surface area (Å²) in [6, 6.07) is 14.0. The van der Waals surface area contributed by atoms with Gasteiger partial charge >= 0.3 is 0 Å². The number of likely N-dealkylation sites (tertiary alicyclic amines) is 1. The highest BCUT2D eigenvalue weighted by molar-refractivity contribution is 5.54. The highest BCUT2D eigenvalue weighted by Crippen LogP contribution is 2.50. The van der Waals surface area contributed by atoms with Crippen molar-refractivity contribution >= 4 is 0 Å². The van der Waals surface area contributed by atoms with Crippen molar-refractivity contribution in [3.8, 4) is 11.5 Å². The first-order chi connectivity index (χ1) is 12.2. The summed E-state index contributed by atoms with van der Waals surface area (Å²) in [5.41, 5.74) is 5.73. The zero-order valence-corrected chi connectivity index (χ0v) is 15.0. The van der Waals surface area contributed by atoms with Gasteiger partial charge in [0.2, 0.25) is 6.79 Å².